The van der Waals surface area contributed by atoms with Gasteiger partial charge < -0.3 is 15.3 Å². The molecule has 0 bridgehead atoms. The van der Waals surface area contributed by atoms with Crippen LogP contribution in [0.4, 0.5) is 24.5 Å². The highest BCUT2D eigenvalue weighted by Gasteiger charge is 2.37. The first kappa shape index (κ1) is 22.7. The van der Waals surface area contributed by atoms with Crippen molar-refractivity contribution in [3.63, 3.8) is 0 Å². The predicted octanol–water partition coefficient (Wildman–Crippen LogP) is 3.59. The molecule has 0 saturated carbocycles. The van der Waals surface area contributed by atoms with Gasteiger partial charge >= 0.3 is 6.18 Å². The summed E-state index contributed by atoms with van der Waals surface area (Å²) >= 11 is 0. The lowest BCUT2D eigenvalue weighted by atomic mass is 10.2. The fraction of sp³-hybridized carbons (Fsp3) is 0.364. The normalized spacial score (nSPS) is 18.5. The van der Waals surface area contributed by atoms with Gasteiger partial charge in [0.15, 0.2) is 5.69 Å². The van der Waals surface area contributed by atoms with Crippen molar-refractivity contribution in [2.45, 2.75) is 45.1 Å². The lowest BCUT2D eigenvalue weighted by Crippen LogP contribution is -2.28. The van der Waals surface area contributed by atoms with E-state index in [1.54, 1.807) is 34.1 Å². The number of halogens is 3. The van der Waals surface area contributed by atoms with Crippen molar-refractivity contribution < 1.29 is 23.1 Å². The number of hydrogen-bond acceptors (Lipinski definition) is 6. The van der Waals surface area contributed by atoms with Crippen molar-refractivity contribution in [1.29, 1.82) is 0 Å². The van der Waals surface area contributed by atoms with Gasteiger partial charge in [0.25, 0.3) is 5.91 Å². The van der Waals surface area contributed by atoms with E-state index in [0.29, 0.717) is 29.9 Å². The second-order valence-corrected chi connectivity index (χ2v) is 7.93. The number of carbonyl (C=O) groups excluding carboxylic acids is 1. The van der Waals surface area contributed by atoms with Gasteiger partial charge in [-0.25, -0.2) is 9.97 Å². The highest BCUT2D eigenvalue weighted by molar-refractivity contribution is 6.03. The number of anilines is 2. The Hall–Kier alpha value is -3.47. The molecule has 1 aliphatic rings. The monoisotopic (exact) mass is 460 g/mol. The van der Waals surface area contributed by atoms with E-state index in [1.807, 2.05) is 13.8 Å². The number of nitrogens with one attached hydrogen (secondary N) is 1. The van der Waals surface area contributed by atoms with Crippen LogP contribution in [0.2, 0.25) is 0 Å². The second-order valence-electron chi connectivity index (χ2n) is 7.93. The van der Waals surface area contributed by atoms with Gasteiger partial charge in [-0.3, -0.25) is 9.48 Å². The Morgan fingerprint density at radius 2 is 2.09 bits per heavy atom. The van der Waals surface area contributed by atoms with Crippen molar-refractivity contribution in [2.24, 2.45) is 0 Å². The molecule has 4 heterocycles. The zero-order valence-electron chi connectivity index (χ0n) is 18.0. The number of aromatic nitrogens is 4. The standard InChI is InChI=1S/C22H23F3N6O2/c1-3-30-11-14(9-27-30)17-5-4-6-18(28-17)21(33)29-19-8-15(10-26-20(19)22(23,24)25)31-12-16(32)7-13(31)2/h4-6,8-11,13,16,32H,3,7,12H2,1-2H3,(H,29,33). The van der Waals surface area contributed by atoms with E-state index in [-0.39, 0.29) is 18.3 Å². The molecule has 0 aliphatic carbocycles. The molecule has 0 aromatic carbocycles. The Morgan fingerprint density at radius 1 is 1.30 bits per heavy atom. The molecule has 2 atom stereocenters. The third-order valence-electron chi connectivity index (χ3n) is 5.51. The number of carbonyl (C=O) groups is 1. The molecule has 2 unspecified atom stereocenters. The fourth-order valence-corrected chi connectivity index (χ4v) is 3.87. The van der Waals surface area contributed by atoms with E-state index in [4.69, 9.17) is 0 Å². The summed E-state index contributed by atoms with van der Waals surface area (Å²) in [5, 5.41) is 16.4. The van der Waals surface area contributed by atoms with Crippen molar-refractivity contribution in [2.75, 3.05) is 16.8 Å². The molecule has 0 radical (unpaired) electrons. The number of aliphatic hydroxyl groups excluding tert-OH is 1. The first-order valence-corrected chi connectivity index (χ1v) is 10.5. The molecule has 3 aromatic rings. The first-order chi connectivity index (χ1) is 15.7. The Morgan fingerprint density at radius 3 is 2.73 bits per heavy atom. The third-order valence-corrected chi connectivity index (χ3v) is 5.51. The predicted molar refractivity (Wildman–Crippen MR) is 116 cm³/mol. The summed E-state index contributed by atoms with van der Waals surface area (Å²) in [6.07, 6.45) is -0.365. The molecule has 8 nitrogen and oxygen atoms in total. The minimum absolute atomic E-state index is 0.0414. The maximum atomic E-state index is 13.6. The Labute approximate surface area is 188 Å². The summed E-state index contributed by atoms with van der Waals surface area (Å²) in [4.78, 5) is 22.5. The van der Waals surface area contributed by atoms with Crippen LogP contribution < -0.4 is 10.2 Å². The van der Waals surface area contributed by atoms with Crippen LogP contribution in [0.15, 0.2) is 42.9 Å². The van der Waals surface area contributed by atoms with E-state index in [0.717, 1.165) is 6.20 Å². The number of amides is 1. The second kappa shape index (κ2) is 8.81. The van der Waals surface area contributed by atoms with E-state index in [1.165, 1.54) is 12.1 Å². The van der Waals surface area contributed by atoms with Crippen LogP contribution in [0, 0.1) is 0 Å². The number of β-amino-alcohol motifs (C(OH)–C–C–N with tert-alkyl or cyclic N) is 1. The molecule has 4 rings (SSSR count). The quantitative estimate of drug-likeness (QED) is 0.604. The van der Waals surface area contributed by atoms with Gasteiger partial charge in [-0.1, -0.05) is 6.07 Å². The van der Waals surface area contributed by atoms with Gasteiger partial charge in [-0.15, -0.1) is 0 Å². The van der Waals surface area contributed by atoms with Crippen LogP contribution in [0.25, 0.3) is 11.3 Å². The highest BCUT2D eigenvalue weighted by atomic mass is 19.4. The number of aryl methyl sites for hydroxylation is 1. The van der Waals surface area contributed by atoms with Crippen LogP contribution in [0.5, 0.6) is 0 Å². The summed E-state index contributed by atoms with van der Waals surface area (Å²) in [5.41, 5.74) is -0.161. The van der Waals surface area contributed by atoms with Crippen LogP contribution >= 0.6 is 0 Å². The van der Waals surface area contributed by atoms with Crippen molar-refractivity contribution in [1.82, 2.24) is 19.7 Å². The average Bonchev–Trinajstić information content (AvgIpc) is 3.39. The Balaban J connectivity index is 1.64. The molecule has 2 N–H and O–H groups in total. The van der Waals surface area contributed by atoms with Crippen LogP contribution in [0.1, 0.15) is 36.5 Å². The number of pyridine rings is 2. The molecule has 1 fully saturated rings. The number of hydrogen-bond donors (Lipinski definition) is 2. The Bertz CT molecular complexity index is 1160. The van der Waals surface area contributed by atoms with Gasteiger partial charge in [-0.2, -0.15) is 18.3 Å². The van der Waals surface area contributed by atoms with E-state index >= 15 is 0 Å². The number of alkyl halides is 3. The zero-order valence-corrected chi connectivity index (χ0v) is 18.0. The zero-order chi connectivity index (χ0) is 23.8. The largest absolute Gasteiger partial charge is 0.435 e. The van der Waals surface area contributed by atoms with Crippen molar-refractivity contribution in [3.05, 3.63) is 54.2 Å². The molecular formula is C22H23F3N6O2. The summed E-state index contributed by atoms with van der Waals surface area (Å²) in [6, 6.07) is 5.87. The lowest BCUT2D eigenvalue weighted by Gasteiger charge is -2.24. The first-order valence-electron chi connectivity index (χ1n) is 10.5. The summed E-state index contributed by atoms with van der Waals surface area (Å²) in [6.45, 7) is 4.73. The van der Waals surface area contributed by atoms with Gasteiger partial charge in [0, 0.05) is 30.9 Å². The summed E-state index contributed by atoms with van der Waals surface area (Å²) in [5.74, 6) is -0.793. The minimum atomic E-state index is -4.76. The Kier molecular flexibility index (Phi) is 6.07. The third kappa shape index (κ3) is 4.82. The number of nitrogens with zero attached hydrogens (tertiary/aromatic N) is 5. The van der Waals surface area contributed by atoms with E-state index in [2.05, 4.69) is 20.4 Å². The van der Waals surface area contributed by atoms with E-state index < -0.39 is 29.6 Å². The summed E-state index contributed by atoms with van der Waals surface area (Å²) in [7, 11) is 0. The maximum Gasteiger partial charge on any atom is 0.435 e. The lowest BCUT2D eigenvalue weighted by molar-refractivity contribution is -0.140. The van der Waals surface area contributed by atoms with Gasteiger partial charge in [0.1, 0.15) is 5.69 Å². The maximum absolute atomic E-state index is 13.6. The molecule has 3 aromatic heterocycles. The molecule has 1 aliphatic heterocycles. The molecule has 1 saturated heterocycles. The van der Waals surface area contributed by atoms with Gasteiger partial charge in [0.2, 0.25) is 0 Å². The average molecular weight is 460 g/mol. The van der Waals surface area contributed by atoms with E-state index in [9.17, 15) is 23.1 Å². The van der Waals surface area contributed by atoms with Gasteiger partial charge in [-0.05, 0) is 38.5 Å². The minimum Gasteiger partial charge on any atom is -0.391 e. The molecule has 0 spiro atoms. The molecule has 174 valence electrons. The van der Waals surface area contributed by atoms with Crippen molar-refractivity contribution >= 4 is 17.3 Å². The smallest absolute Gasteiger partial charge is 0.391 e. The van der Waals surface area contributed by atoms with Crippen LogP contribution in [0.3, 0.4) is 0 Å². The molecule has 1 amide bonds. The van der Waals surface area contributed by atoms with Crippen molar-refractivity contribution in [3.8, 4) is 11.3 Å². The summed E-state index contributed by atoms with van der Waals surface area (Å²) < 4.78 is 42.4. The molecule has 11 heteroatoms. The number of aliphatic hydroxyl groups is 1. The fourth-order valence-electron chi connectivity index (χ4n) is 3.87. The SMILES string of the molecule is CCn1cc(-c2cccc(C(=O)Nc3cc(N4CC(O)CC4C)cnc3C(F)(F)F)n2)cn1. The van der Waals surface area contributed by atoms with Crippen LogP contribution in [-0.4, -0.2) is 49.5 Å². The molecular weight excluding hydrogens is 437 g/mol. The molecule has 33 heavy (non-hydrogen) atoms. The van der Waals surface area contributed by atoms with Crippen LogP contribution in [-0.2, 0) is 12.7 Å². The topological polar surface area (TPSA) is 96.2 Å². The highest BCUT2D eigenvalue weighted by Crippen LogP contribution is 2.36. The van der Waals surface area contributed by atoms with Gasteiger partial charge in [0.05, 0.1) is 35.6 Å². The number of rotatable bonds is 5.